The van der Waals surface area contributed by atoms with Crippen LogP contribution in [0.3, 0.4) is 0 Å². The van der Waals surface area contributed by atoms with E-state index in [0.717, 1.165) is 5.57 Å². The summed E-state index contributed by atoms with van der Waals surface area (Å²) in [6.07, 6.45) is 1.19. The van der Waals surface area contributed by atoms with Crippen LogP contribution < -0.4 is 5.73 Å². The van der Waals surface area contributed by atoms with Crippen LogP contribution in [0.15, 0.2) is 30.4 Å². The summed E-state index contributed by atoms with van der Waals surface area (Å²) in [5.74, 6) is -0.365. The summed E-state index contributed by atoms with van der Waals surface area (Å²) in [6.45, 7) is 5.69. The van der Waals surface area contributed by atoms with E-state index in [1.807, 2.05) is 6.92 Å². The van der Waals surface area contributed by atoms with E-state index in [4.69, 9.17) is 17.3 Å². The van der Waals surface area contributed by atoms with E-state index in [0.29, 0.717) is 18.4 Å². The molecule has 0 radical (unpaired) electrons. The van der Waals surface area contributed by atoms with Gasteiger partial charge < -0.3 is 5.73 Å². The number of halogens is 2. The van der Waals surface area contributed by atoms with Crippen molar-refractivity contribution in [3.63, 3.8) is 0 Å². The Morgan fingerprint density at radius 2 is 2.27 bits per heavy atom. The maximum absolute atomic E-state index is 13.5. The Labute approximate surface area is 94.7 Å². The SMILES string of the molecule is C=C(C)CC(N)Cc1cccc(Cl)c1F. The molecule has 82 valence electrons. The average Bonchev–Trinajstić information content (AvgIpc) is 2.11. The Hall–Kier alpha value is -0.860. The third-order valence-corrected chi connectivity index (χ3v) is 2.42. The highest BCUT2D eigenvalue weighted by atomic mass is 35.5. The summed E-state index contributed by atoms with van der Waals surface area (Å²) < 4.78 is 13.5. The van der Waals surface area contributed by atoms with E-state index in [2.05, 4.69) is 6.58 Å². The van der Waals surface area contributed by atoms with Gasteiger partial charge in [-0.15, -0.1) is 6.58 Å². The van der Waals surface area contributed by atoms with Crippen LogP contribution in [0.25, 0.3) is 0 Å². The molecular weight excluding hydrogens is 213 g/mol. The number of hydrogen-bond acceptors (Lipinski definition) is 1. The minimum Gasteiger partial charge on any atom is -0.327 e. The normalized spacial score (nSPS) is 12.5. The zero-order chi connectivity index (χ0) is 11.4. The van der Waals surface area contributed by atoms with Gasteiger partial charge in [-0.3, -0.25) is 0 Å². The first-order chi connectivity index (χ1) is 7.00. The molecule has 0 aliphatic carbocycles. The maximum Gasteiger partial charge on any atom is 0.145 e. The van der Waals surface area contributed by atoms with Crippen molar-refractivity contribution in [3.05, 3.63) is 46.8 Å². The first kappa shape index (κ1) is 12.2. The van der Waals surface area contributed by atoms with Crippen molar-refractivity contribution in [3.8, 4) is 0 Å². The van der Waals surface area contributed by atoms with Gasteiger partial charge in [0.05, 0.1) is 5.02 Å². The van der Waals surface area contributed by atoms with Gasteiger partial charge in [0.2, 0.25) is 0 Å². The third kappa shape index (κ3) is 3.65. The zero-order valence-electron chi connectivity index (χ0n) is 8.76. The van der Waals surface area contributed by atoms with E-state index >= 15 is 0 Å². The van der Waals surface area contributed by atoms with Crippen molar-refractivity contribution in [1.82, 2.24) is 0 Å². The van der Waals surface area contributed by atoms with Gasteiger partial charge in [-0.2, -0.15) is 0 Å². The smallest absolute Gasteiger partial charge is 0.145 e. The van der Waals surface area contributed by atoms with Gasteiger partial charge in [-0.25, -0.2) is 4.39 Å². The molecule has 15 heavy (non-hydrogen) atoms. The topological polar surface area (TPSA) is 26.0 Å². The second kappa shape index (κ2) is 5.29. The second-order valence-electron chi connectivity index (χ2n) is 3.84. The van der Waals surface area contributed by atoms with Gasteiger partial charge in [0.1, 0.15) is 5.82 Å². The zero-order valence-corrected chi connectivity index (χ0v) is 9.52. The van der Waals surface area contributed by atoms with Crippen LogP contribution in [0.4, 0.5) is 4.39 Å². The number of nitrogens with two attached hydrogens (primary N) is 1. The molecule has 0 saturated carbocycles. The molecule has 1 unspecified atom stereocenters. The molecule has 3 heteroatoms. The fraction of sp³-hybridized carbons (Fsp3) is 0.333. The van der Waals surface area contributed by atoms with Gasteiger partial charge in [0.25, 0.3) is 0 Å². The lowest BCUT2D eigenvalue weighted by Gasteiger charge is -2.12. The van der Waals surface area contributed by atoms with Gasteiger partial charge in [-0.05, 0) is 31.4 Å². The molecule has 0 amide bonds. The highest BCUT2D eigenvalue weighted by Crippen LogP contribution is 2.19. The molecule has 0 aromatic heterocycles. The Balaban J connectivity index is 2.72. The molecule has 1 atom stereocenters. The molecule has 0 aliphatic heterocycles. The molecule has 1 aromatic rings. The number of hydrogen-bond donors (Lipinski definition) is 1. The van der Waals surface area contributed by atoms with Crippen molar-refractivity contribution < 1.29 is 4.39 Å². The third-order valence-electron chi connectivity index (χ3n) is 2.12. The Bertz CT molecular complexity index is 363. The van der Waals surface area contributed by atoms with Crippen LogP contribution in [0.1, 0.15) is 18.9 Å². The molecule has 0 aliphatic rings. The molecule has 0 spiro atoms. The summed E-state index contributed by atoms with van der Waals surface area (Å²) in [5.41, 5.74) is 7.43. The molecule has 1 rings (SSSR count). The van der Waals surface area contributed by atoms with E-state index in [1.54, 1.807) is 12.1 Å². The lowest BCUT2D eigenvalue weighted by atomic mass is 10.0. The minimum absolute atomic E-state index is 0.101. The van der Waals surface area contributed by atoms with Crippen molar-refractivity contribution in [2.75, 3.05) is 0 Å². The number of rotatable bonds is 4. The van der Waals surface area contributed by atoms with E-state index in [-0.39, 0.29) is 16.9 Å². The molecule has 1 aromatic carbocycles. The van der Waals surface area contributed by atoms with Gasteiger partial charge in [0.15, 0.2) is 0 Å². The molecule has 0 bridgehead atoms. The van der Waals surface area contributed by atoms with Crippen molar-refractivity contribution in [2.24, 2.45) is 5.73 Å². The standard InChI is InChI=1S/C12H15ClFN/c1-8(2)6-10(15)7-9-4-3-5-11(13)12(9)14/h3-5,10H,1,6-7,15H2,2H3. The Kier molecular flexibility index (Phi) is 4.30. The van der Waals surface area contributed by atoms with E-state index < -0.39 is 0 Å². The summed E-state index contributed by atoms with van der Waals surface area (Å²) in [4.78, 5) is 0. The van der Waals surface area contributed by atoms with Gasteiger partial charge in [0, 0.05) is 6.04 Å². The van der Waals surface area contributed by atoms with Crippen LogP contribution in [0.2, 0.25) is 5.02 Å². The monoisotopic (exact) mass is 227 g/mol. The summed E-state index contributed by atoms with van der Waals surface area (Å²) in [6, 6.07) is 4.87. The van der Waals surface area contributed by atoms with Crippen molar-refractivity contribution in [2.45, 2.75) is 25.8 Å². The fourth-order valence-corrected chi connectivity index (χ4v) is 1.70. The summed E-state index contributed by atoms with van der Waals surface area (Å²) in [7, 11) is 0. The first-order valence-electron chi connectivity index (χ1n) is 4.83. The molecule has 1 nitrogen and oxygen atoms in total. The predicted molar refractivity (Wildman–Crippen MR) is 62.5 cm³/mol. The largest absolute Gasteiger partial charge is 0.327 e. The molecular formula is C12H15ClFN. The molecule has 0 saturated heterocycles. The second-order valence-corrected chi connectivity index (χ2v) is 4.25. The van der Waals surface area contributed by atoms with Crippen LogP contribution in [0, 0.1) is 5.82 Å². The first-order valence-corrected chi connectivity index (χ1v) is 5.21. The fourth-order valence-electron chi connectivity index (χ4n) is 1.51. The van der Waals surface area contributed by atoms with Crippen LogP contribution in [0.5, 0.6) is 0 Å². The summed E-state index contributed by atoms with van der Waals surface area (Å²) >= 11 is 5.67. The molecule has 0 fully saturated rings. The van der Waals surface area contributed by atoms with E-state index in [9.17, 15) is 4.39 Å². The average molecular weight is 228 g/mol. The van der Waals surface area contributed by atoms with E-state index in [1.165, 1.54) is 6.07 Å². The Morgan fingerprint density at radius 3 is 2.87 bits per heavy atom. The van der Waals surface area contributed by atoms with Gasteiger partial charge >= 0.3 is 0 Å². The van der Waals surface area contributed by atoms with Crippen LogP contribution in [-0.4, -0.2) is 6.04 Å². The minimum atomic E-state index is -0.365. The van der Waals surface area contributed by atoms with Crippen molar-refractivity contribution in [1.29, 1.82) is 0 Å². The maximum atomic E-state index is 13.5. The van der Waals surface area contributed by atoms with Crippen LogP contribution in [-0.2, 0) is 6.42 Å². The molecule has 2 N–H and O–H groups in total. The predicted octanol–water partition coefficient (Wildman–Crippen LogP) is 3.32. The lowest BCUT2D eigenvalue weighted by Crippen LogP contribution is -2.23. The highest BCUT2D eigenvalue weighted by Gasteiger charge is 2.10. The summed E-state index contributed by atoms with van der Waals surface area (Å²) in [5, 5.41) is 0.148. The van der Waals surface area contributed by atoms with Crippen LogP contribution >= 0.6 is 11.6 Å². The quantitative estimate of drug-likeness (QED) is 0.785. The van der Waals surface area contributed by atoms with Crippen molar-refractivity contribution >= 4 is 11.6 Å². The highest BCUT2D eigenvalue weighted by molar-refractivity contribution is 6.30. The number of benzene rings is 1. The Morgan fingerprint density at radius 1 is 1.60 bits per heavy atom. The van der Waals surface area contributed by atoms with Gasteiger partial charge in [-0.1, -0.05) is 29.3 Å². The lowest BCUT2D eigenvalue weighted by molar-refractivity contribution is 0.583. The molecule has 0 heterocycles.